The highest BCUT2D eigenvalue weighted by Crippen LogP contribution is 2.44. The number of ether oxygens (including phenoxy) is 2. The Kier molecular flexibility index (Phi) is 1.59. The molecular formula is C3H2Cl2F2O2. The van der Waals surface area contributed by atoms with Gasteiger partial charge in [0, 0.05) is 0 Å². The molecular weight excluding hydrogens is 177 g/mol. The highest BCUT2D eigenvalue weighted by atomic mass is 35.5. The van der Waals surface area contributed by atoms with Crippen molar-refractivity contribution in [2.24, 2.45) is 0 Å². The molecule has 0 aromatic rings. The predicted molar refractivity (Wildman–Crippen MR) is 26.4 cm³/mol. The quantitative estimate of drug-likeness (QED) is 0.527. The molecule has 54 valence electrons. The Labute approximate surface area is 59.6 Å². The van der Waals surface area contributed by atoms with E-state index in [1.54, 1.807) is 0 Å². The summed E-state index contributed by atoms with van der Waals surface area (Å²) in [5.74, 6) is 0. The van der Waals surface area contributed by atoms with E-state index in [4.69, 9.17) is 23.2 Å². The molecule has 0 spiro atoms. The van der Waals surface area contributed by atoms with Crippen molar-refractivity contribution in [2.75, 3.05) is 6.79 Å². The van der Waals surface area contributed by atoms with E-state index in [0.717, 1.165) is 0 Å². The van der Waals surface area contributed by atoms with Crippen molar-refractivity contribution in [2.45, 2.75) is 10.6 Å². The molecule has 0 aromatic carbocycles. The second-order valence-electron chi connectivity index (χ2n) is 1.44. The summed E-state index contributed by atoms with van der Waals surface area (Å²) in [6, 6.07) is 0. The predicted octanol–water partition coefficient (Wildman–Crippen LogP) is 1.71. The maximum Gasteiger partial charge on any atom is 0.363 e. The Balaban J connectivity index is 2.75. The molecule has 2 atom stereocenters. The summed E-state index contributed by atoms with van der Waals surface area (Å²) in [7, 11) is 0. The third-order valence-corrected chi connectivity index (χ3v) is 1.62. The van der Waals surface area contributed by atoms with Crippen LogP contribution in [0.15, 0.2) is 0 Å². The molecule has 0 aromatic heterocycles. The molecule has 9 heavy (non-hydrogen) atoms. The first kappa shape index (κ1) is 7.47. The third kappa shape index (κ3) is 1.12. The zero-order chi connectivity index (χ0) is 7.12. The molecule has 1 fully saturated rings. The SMILES string of the molecule is F[C@@]1(Cl)OCO[C@@]1(F)Cl. The minimum Gasteiger partial charge on any atom is -0.301 e. The molecule has 6 heteroatoms. The van der Waals surface area contributed by atoms with Gasteiger partial charge in [-0.3, -0.25) is 0 Å². The van der Waals surface area contributed by atoms with E-state index in [-0.39, 0.29) is 0 Å². The van der Waals surface area contributed by atoms with Gasteiger partial charge in [0.2, 0.25) is 0 Å². The van der Waals surface area contributed by atoms with Gasteiger partial charge < -0.3 is 9.47 Å². The van der Waals surface area contributed by atoms with Crippen LogP contribution in [0.3, 0.4) is 0 Å². The van der Waals surface area contributed by atoms with E-state index in [1.165, 1.54) is 0 Å². The second-order valence-corrected chi connectivity index (χ2v) is 2.41. The maximum atomic E-state index is 12.3. The van der Waals surface area contributed by atoms with Crippen LogP contribution in [0.2, 0.25) is 0 Å². The lowest BCUT2D eigenvalue weighted by molar-refractivity contribution is -0.103. The summed E-state index contributed by atoms with van der Waals surface area (Å²) >= 11 is 9.48. The Bertz CT molecular complexity index is 113. The Hall–Kier alpha value is 0.360. The lowest BCUT2D eigenvalue weighted by Gasteiger charge is -2.16. The summed E-state index contributed by atoms with van der Waals surface area (Å²) in [4.78, 5) is 0. The van der Waals surface area contributed by atoms with E-state index in [1.807, 2.05) is 0 Å². The molecule has 0 aliphatic carbocycles. The normalized spacial score (nSPS) is 52.0. The molecule has 1 aliphatic rings. The highest BCUT2D eigenvalue weighted by Gasteiger charge is 2.59. The molecule has 0 radical (unpaired) electrons. The van der Waals surface area contributed by atoms with Crippen LogP contribution < -0.4 is 0 Å². The van der Waals surface area contributed by atoms with Crippen LogP contribution in [0.1, 0.15) is 0 Å². The lowest BCUT2D eigenvalue weighted by Crippen LogP contribution is -2.34. The van der Waals surface area contributed by atoms with Crippen LogP contribution in [0.4, 0.5) is 8.78 Å². The molecule has 0 unspecified atom stereocenters. The smallest absolute Gasteiger partial charge is 0.301 e. The van der Waals surface area contributed by atoms with E-state index in [2.05, 4.69) is 9.47 Å². The molecule has 0 N–H and O–H groups in total. The Morgan fingerprint density at radius 1 is 1.11 bits per heavy atom. The van der Waals surface area contributed by atoms with Gasteiger partial charge in [-0.15, -0.1) is 0 Å². The molecule has 0 amide bonds. The highest BCUT2D eigenvalue weighted by molar-refractivity contribution is 6.32. The number of rotatable bonds is 0. The fourth-order valence-corrected chi connectivity index (χ4v) is 0.544. The van der Waals surface area contributed by atoms with Crippen molar-refractivity contribution in [3.05, 3.63) is 0 Å². The molecule has 1 heterocycles. The molecule has 0 saturated carbocycles. The van der Waals surface area contributed by atoms with Crippen molar-refractivity contribution in [3.8, 4) is 0 Å². The Morgan fingerprint density at radius 3 is 1.56 bits per heavy atom. The minimum absolute atomic E-state index is 0.583. The van der Waals surface area contributed by atoms with Gasteiger partial charge in [0.15, 0.2) is 6.79 Å². The number of hydrogen-bond donors (Lipinski definition) is 0. The van der Waals surface area contributed by atoms with Crippen LogP contribution in [-0.2, 0) is 9.47 Å². The monoisotopic (exact) mass is 178 g/mol. The van der Waals surface area contributed by atoms with Crippen molar-refractivity contribution >= 4 is 23.2 Å². The molecule has 2 nitrogen and oxygen atoms in total. The fourth-order valence-electron chi connectivity index (χ4n) is 0.346. The average molecular weight is 179 g/mol. The van der Waals surface area contributed by atoms with Gasteiger partial charge in [0.25, 0.3) is 0 Å². The van der Waals surface area contributed by atoms with Gasteiger partial charge >= 0.3 is 10.6 Å². The van der Waals surface area contributed by atoms with Gasteiger partial charge in [-0.1, -0.05) is 0 Å². The first-order valence-corrected chi connectivity index (χ1v) is 2.75. The van der Waals surface area contributed by atoms with Crippen LogP contribution in [0, 0.1) is 0 Å². The Morgan fingerprint density at radius 2 is 1.44 bits per heavy atom. The maximum absolute atomic E-state index is 12.3. The van der Waals surface area contributed by atoms with E-state index in [0.29, 0.717) is 0 Å². The van der Waals surface area contributed by atoms with Crippen LogP contribution in [0.25, 0.3) is 0 Å². The van der Waals surface area contributed by atoms with Crippen molar-refractivity contribution < 1.29 is 18.3 Å². The summed E-state index contributed by atoms with van der Waals surface area (Å²) in [5, 5.41) is -6.12. The van der Waals surface area contributed by atoms with E-state index >= 15 is 0 Å². The van der Waals surface area contributed by atoms with E-state index < -0.39 is 17.4 Å². The number of halogens is 4. The topological polar surface area (TPSA) is 18.5 Å². The minimum atomic E-state index is -3.06. The second kappa shape index (κ2) is 1.92. The molecule has 1 saturated heterocycles. The standard InChI is InChI=1S/C3H2Cl2F2O2/c4-2(6)3(5,7)9-1-8-2/h1H2/t2-,3-/m1/s1. The van der Waals surface area contributed by atoms with Gasteiger partial charge in [-0.2, -0.15) is 8.78 Å². The summed E-state index contributed by atoms with van der Waals surface area (Å²) in [6.45, 7) is -0.583. The number of alkyl halides is 4. The molecule has 0 bridgehead atoms. The summed E-state index contributed by atoms with van der Waals surface area (Å²) in [6.07, 6.45) is 0. The zero-order valence-electron chi connectivity index (χ0n) is 4.04. The fraction of sp³-hybridized carbons (Fsp3) is 1.00. The van der Waals surface area contributed by atoms with Gasteiger partial charge in [-0.05, 0) is 23.2 Å². The largest absolute Gasteiger partial charge is 0.363 e. The zero-order valence-corrected chi connectivity index (χ0v) is 5.55. The van der Waals surface area contributed by atoms with Crippen molar-refractivity contribution in [1.29, 1.82) is 0 Å². The van der Waals surface area contributed by atoms with Gasteiger partial charge in [0.1, 0.15) is 0 Å². The van der Waals surface area contributed by atoms with E-state index in [9.17, 15) is 8.78 Å². The third-order valence-electron chi connectivity index (χ3n) is 0.819. The van der Waals surface area contributed by atoms with Gasteiger partial charge in [0.05, 0.1) is 0 Å². The summed E-state index contributed by atoms with van der Waals surface area (Å²) < 4.78 is 32.5. The first-order valence-electron chi connectivity index (χ1n) is 1.99. The van der Waals surface area contributed by atoms with Crippen molar-refractivity contribution in [1.82, 2.24) is 0 Å². The average Bonchev–Trinajstić information content (AvgIpc) is 1.81. The number of hydrogen-bond acceptors (Lipinski definition) is 2. The van der Waals surface area contributed by atoms with Crippen LogP contribution in [0.5, 0.6) is 0 Å². The lowest BCUT2D eigenvalue weighted by atomic mass is 10.7. The first-order chi connectivity index (χ1) is 3.96. The van der Waals surface area contributed by atoms with Crippen LogP contribution >= 0.6 is 23.2 Å². The summed E-state index contributed by atoms with van der Waals surface area (Å²) in [5.41, 5.74) is 0. The molecule has 1 aliphatic heterocycles. The van der Waals surface area contributed by atoms with Crippen LogP contribution in [-0.4, -0.2) is 17.4 Å². The van der Waals surface area contributed by atoms with Crippen molar-refractivity contribution in [3.63, 3.8) is 0 Å². The van der Waals surface area contributed by atoms with Gasteiger partial charge in [-0.25, -0.2) is 0 Å². The molecule has 1 rings (SSSR count).